The number of hydrogen-bond acceptors (Lipinski definition) is 4. The maximum Gasteiger partial charge on any atom is 0.416 e. The van der Waals surface area contributed by atoms with Crippen molar-refractivity contribution in [1.82, 2.24) is 14.9 Å². The van der Waals surface area contributed by atoms with Crippen molar-refractivity contribution < 1.29 is 27.5 Å². The van der Waals surface area contributed by atoms with Gasteiger partial charge in [0, 0.05) is 11.7 Å². The summed E-state index contributed by atoms with van der Waals surface area (Å²) in [6, 6.07) is 17.2. The number of fused-ring (bicyclic) bond motifs is 1. The number of amides is 2. The first-order valence-corrected chi connectivity index (χ1v) is 13.5. The number of rotatable bonds is 8. The number of para-hydroxylation sites is 2. The summed E-state index contributed by atoms with van der Waals surface area (Å²) in [7, 11) is 1.51. The molecule has 1 heterocycles. The Bertz CT molecular complexity index is 1540. The first-order valence-electron chi connectivity index (χ1n) is 13.5. The van der Waals surface area contributed by atoms with Gasteiger partial charge in [0.2, 0.25) is 11.8 Å². The number of carbonyl (C=O) groups excluding carboxylic acids is 2. The number of aryl methyl sites for hydroxylation is 1. The molecule has 0 bridgehead atoms. The molecule has 1 saturated carbocycles. The monoisotopic (exact) mass is 564 g/mol. The number of halogens is 3. The Balaban J connectivity index is 1.63. The number of imidazole rings is 1. The number of carbonyl (C=O) groups is 2. The van der Waals surface area contributed by atoms with E-state index in [2.05, 4.69) is 10.3 Å². The van der Waals surface area contributed by atoms with Crippen LogP contribution in [0, 0.1) is 6.92 Å². The molecule has 1 aliphatic carbocycles. The van der Waals surface area contributed by atoms with Crippen LogP contribution in [-0.4, -0.2) is 34.5 Å². The van der Waals surface area contributed by atoms with Gasteiger partial charge in [0.15, 0.2) is 0 Å². The van der Waals surface area contributed by atoms with Crippen LogP contribution in [0.3, 0.4) is 0 Å². The van der Waals surface area contributed by atoms with Gasteiger partial charge in [-0.2, -0.15) is 13.2 Å². The molecule has 2 amide bonds. The molecule has 0 radical (unpaired) electrons. The number of nitrogens with one attached hydrogen (secondary N) is 1. The normalized spacial score (nSPS) is 14.7. The zero-order valence-corrected chi connectivity index (χ0v) is 22.8. The van der Waals surface area contributed by atoms with E-state index in [1.807, 2.05) is 24.3 Å². The van der Waals surface area contributed by atoms with E-state index in [1.165, 1.54) is 24.1 Å². The third-order valence-electron chi connectivity index (χ3n) is 7.50. The summed E-state index contributed by atoms with van der Waals surface area (Å²) in [5.41, 5.74) is 0.892. The summed E-state index contributed by atoms with van der Waals surface area (Å²) in [6.45, 7) is 1.53. The van der Waals surface area contributed by atoms with Crippen LogP contribution in [0.5, 0.6) is 5.75 Å². The fourth-order valence-electron chi connectivity index (χ4n) is 5.43. The second-order valence-electron chi connectivity index (χ2n) is 10.2. The van der Waals surface area contributed by atoms with Crippen molar-refractivity contribution >= 4 is 28.5 Å². The van der Waals surface area contributed by atoms with Crippen LogP contribution in [0.25, 0.3) is 11.0 Å². The average molecular weight is 565 g/mol. The average Bonchev–Trinajstić information content (AvgIpc) is 3.58. The molecule has 1 N–H and O–H groups in total. The molecule has 4 aromatic rings. The summed E-state index contributed by atoms with van der Waals surface area (Å²) in [6.07, 6.45) is -1.08. The van der Waals surface area contributed by atoms with Gasteiger partial charge in [0.25, 0.3) is 0 Å². The second kappa shape index (κ2) is 11.6. The highest BCUT2D eigenvalue weighted by Crippen LogP contribution is 2.36. The molecule has 41 heavy (non-hydrogen) atoms. The van der Waals surface area contributed by atoms with E-state index in [0.717, 1.165) is 37.8 Å². The molecule has 1 fully saturated rings. The van der Waals surface area contributed by atoms with Crippen LogP contribution < -0.4 is 15.0 Å². The fraction of sp³-hybridized carbons (Fsp3) is 0.323. The lowest BCUT2D eigenvalue weighted by Crippen LogP contribution is -2.47. The van der Waals surface area contributed by atoms with Gasteiger partial charge < -0.3 is 14.6 Å². The van der Waals surface area contributed by atoms with Crippen LogP contribution in [0.1, 0.15) is 48.7 Å². The lowest BCUT2D eigenvalue weighted by molar-refractivity contribution is -0.137. The highest BCUT2D eigenvalue weighted by atomic mass is 19.4. The van der Waals surface area contributed by atoms with E-state index in [-0.39, 0.29) is 18.3 Å². The van der Waals surface area contributed by atoms with Crippen molar-refractivity contribution in [3.05, 3.63) is 89.7 Å². The van der Waals surface area contributed by atoms with Crippen LogP contribution in [-0.2, 0) is 22.3 Å². The number of alkyl halides is 3. The van der Waals surface area contributed by atoms with Crippen molar-refractivity contribution in [2.24, 2.45) is 0 Å². The molecule has 1 aromatic heterocycles. The number of benzene rings is 3. The molecule has 0 spiro atoms. The Morgan fingerprint density at radius 2 is 1.76 bits per heavy atom. The van der Waals surface area contributed by atoms with Crippen molar-refractivity contribution in [1.29, 1.82) is 0 Å². The highest BCUT2D eigenvalue weighted by Gasteiger charge is 2.37. The minimum Gasteiger partial charge on any atom is -0.497 e. The molecule has 0 aliphatic heterocycles. The van der Waals surface area contributed by atoms with Crippen molar-refractivity contribution in [2.45, 2.75) is 57.4 Å². The van der Waals surface area contributed by atoms with E-state index >= 15 is 0 Å². The molecule has 214 valence electrons. The van der Waals surface area contributed by atoms with Gasteiger partial charge in [0.1, 0.15) is 24.2 Å². The van der Waals surface area contributed by atoms with E-state index in [0.29, 0.717) is 28.2 Å². The molecule has 3 aromatic carbocycles. The van der Waals surface area contributed by atoms with Crippen molar-refractivity contribution in [3.63, 3.8) is 0 Å². The standard InChI is InChI=1S/C31H31F3N4O3/c1-20-35-26-12-5-6-13-27(26)37(20)19-28(39)38(24-11-7-8-22(18-24)31(32,33)34)29(21-14-16-25(41-2)17-15-21)30(40)36-23-9-3-4-10-23/h5-8,11-18,23,29H,3-4,9-10,19H2,1-2H3,(H,36,40)/t29-/m0/s1. The molecule has 5 rings (SSSR count). The predicted octanol–water partition coefficient (Wildman–Crippen LogP) is 6.21. The summed E-state index contributed by atoms with van der Waals surface area (Å²) < 4.78 is 48.4. The number of methoxy groups -OCH3 is 1. The highest BCUT2D eigenvalue weighted by molar-refractivity contribution is 6.02. The van der Waals surface area contributed by atoms with Gasteiger partial charge in [0.05, 0.1) is 23.7 Å². The molecule has 1 atom stereocenters. The zero-order valence-electron chi connectivity index (χ0n) is 22.8. The van der Waals surface area contributed by atoms with E-state index in [4.69, 9.17) is 4.74 Å². The van der Waals surface area contributed by atoms with Gasteiger partial charge in [-0.1, -0.05) is 43.2 Å². The van der Waals surface area contributed by atoms with Crippen LogP contribution in [0.2, 0.25) is 0 Å². The summed E-state index contributed by atoms with van der Waals surface area (Å²) in [5.74, 6) is 0.0964. The zero-order chi connectivity index (χ0) is 29.1. The van der Waals surface area contributed by atoms with Gasteiger partial charge >= 0.3 is 6.18 Å². The van der Waals surface area contributed by atoms with Crippen molar-refractivity contribution in [2.75, 3.05) is 12.0 Å². The third-order valence-corrected chi connectivity index (χ3v) is 7.50. The SMILES string of the molecule is COc1ccc([C@@H](C(=O)NC2CCCC2)N(C(=O)Cn2c(C)nc3ccccc32)c2cccc(C(F)(F)F)c2)cc1. The Hall–Kier alpha value is -4.34. The summed E-state index contributed by atoms with van der Waals surface area (Å²) >= 11 is 0. The van der Waals surface area contributed by atoms with Crippen molar-refractivity contribution in [3.8, 4) is 5.75 Å². The molecular formula is C31H31F3N4O3. The number of nitrogens with zero attached hydrogens (tertiary/aromatic N) is 3. The van der Waals surface area contributed by atoms with Gasteiger partial charge in [-0.15, -0.1) is 0 Å². The molecule has 7 nitrogen and oxygen atoms in total. The first kappa shape index (κ1) is 28.2. The minimum atomic E-state index is -4.64. The number of anilines is 1. The van der Waals surface area contributed by atoms with Gasteiger partial charge in [-0.3, -0.25) is 14.5 Å². The lowest BCUT2D eigenvalue weighted by Gasteiger charge is -2.33. The fourth-order valence-corrected chi connectivity index (χ4v) is 5.43. The summed E-state index contributed by atoms with van der Waals surface area (Å²) in [5, 5.41) is 3.05. The Labute approximate surface area is 235 Å². The maximum atomic E-state index is 14.2. The lowest BCUT2D eigenvalue weighted by atomic mass is 10.0. The smallest absolute Gasteiger partial charge is 0.416 e. The Morgan fingerprint density at radius 1 is 1.05 bits per heavy atom. The van der Waals surface area contributed by atoms with Crippen LogP contribution >= 0.6 is 0 Å². The number of ether oxygens (including phenoxy) is 1. The second-order valence-corrected chi connectivity index (χ2v) is 10.2. The minimum absolute atomic E-state index is 0.0331. The number of hydrogen-bond donors (Lipinski definition) is 1. The molecular weight excluding hydrogens is 533 g/mol. The Kier molecular flexibility index (Phi) is 8.01. The van der Waals surface area contributed by atoms with E-state index in [9.17, 15) is 22.8 Å². The molecule has 10 heteroatoms. The Morgan fingerprint density at radius 3 is 2.44 bits per heavy atom. The largest absolute Gasteiger partial charge is 0.497 e. The number of aromatic nitrogens is 2. The van der Waals surface area contributed by atoms with Crippen LogP contribution in [0.15, 0.2) is 72.8 Å². The van der Waals surface area contributed by atoms with E-state index in [1.54, 1.807) is 35.8 Å². The van der Waals surface area contributed by atoms with E-state index < -0.39 is 29.6 Å². The van der Waals surface area contributed by atoms with Crippen LogP contribution in [0.4, 0.5) is 18.9 Å². The van der Waals surface area contributed by atoms with Gasteiger partial charge in [-0.05, 0) is 67.8 Å². The first-order chi connectivity index (χ1) is 19.7. The molecule has 0 unspecified atom stereocenters. The molecule has 1 aliphatic rings. The maximum absolute atomic E-state index is 14.2. The third kappa shape index (κ3) is 6.06. The quantitative estimate of drug-likeness (QED) is 0.276. The summed E-state index contributed by atoms with van der Waals surface area (Å²) in [4.78, 5) is 33.9. The topological polar surface area (TPSA) is 76.5 Å². The molecule has 0 saturated heterocycles. The predicted molar refractivity (Wildman–Crippen MR) is 150 cm³/mol. The van der Waals surface area contributed by atoms with Gasteiger partial charge in [-0.25, -0.2) is 4.98 Å².